The van der Waals surface area contributed by atoms with E-state index in [1.165, 1.54) is 0 Å². The third kappa shape index (κ3) is 6.22. The molecule has 0 radical (unpaired) electrons. The molecule has 1 aliphatic rings. The number of piperidine rings is 1. The van der Waals surface area contributed by atoms with Crippen molar-refractivity contribution in [3.8, 4) is 0 Å². The van der Waals surface area contributed by atoms with Crippen molar-refractivity contribution in [2.24, 2.45) is 17.6 Å². The first-order valence-corrected chi connectivity index (χ1v) is 8.11. The number of carbonyl (C=O) groups excluding carboxylic acids is 2. The maximum Gasteiger partial charge on any atom is 0.407 e. The molecule has 1 aliphatic heterocycles. The van der Waals surface area contributed by atoms with Gasteiger partial charge in [0.2, 0.25) is 5.91 Å². The monoisotopic (exact) mass is 313 g/mol. The van der Waals surface area contributed by atoms with Crippen LogP contribution in [0.4, 0.5) is 4.79 Å². The van der Waals surface area contributed by atoms with Crippen molar-refractivity contribution in [1.82, 2.24) is 10.2 Å². The Morgan fingerprint density at radius 2 is 2.00 bits per heavy atom. The molecule has 6 nitrogen and oxygen atoms in total. The summed E-state index contributed by atoms with van der Waals surface area (Å²) in [5, 5.41) is 2.79. The fraction of sp³-hybridized carbons (Fsp3) is 0.875. The fourth-order valence-electron chi connectivity index (χ4n) is 2.47. The first kappa shape index (κ1) is 18.7. The van der Waals surface area contributed by atoms with Gasteiger partial charge in [0.15, 0.2) is 0 Å². The van der Waals surface area contributed by atoms with E-state index >= 15 is 0 Å². The van der Waals surface area contributed by atoms with Crippen LogP contribution in [-0.2, 0) is 9.53 Å². The minimum atomic E-state index is -0.497. The van der Waals surface area contributed by atoms with Gasteiger partial charge in [0, 0.05) is 19.6 Å². The van der Waals surface area contributed by atoms with Gasteiger partial charge in [-0.2, -0.15) is 0 Å². The number of ether oxygens (including phenoxy) is 1. The van der Waals surface area contributed by atoms with E-state index in [2.05, 4.69) is 5.32 Å². The molecule has 1 heterocycles. The summed E-state index contributed by atoms with van der Waals surface area (Å²) in [5.74, 6) is 0.398. The number of likely N-dealkylation sites (tertiary alicyclic amines) is 1. The van der Waals surface area contributed by atoms with Crippen LogP contribution in [0.2, 0.25) is 0 Å². The summed E-state index contributed by atoms with van der Waals surface area (Å²) in [7, 11) is 0. The first-order chi connectivity index (χ1) is 10.1. The molecule has 1 rings (SSSR count). The van der Waals surface area contributed by atoms with Gasteiger partial charge in [-0.1, -0.05) is 13.8 Å². The highest BCUT2D eigenvalue weighted by atomic mass is 16.6. The molecule has 1 fully saturated rings. The molecule has 6 heteroatoms. The van der Waals surface area contributed by atoms with Crippen LogP contribution in [0, 0.1) is 11.8 Å². The van der Waals surface area contributed by atoms with Crippen LogP contribution >= 0.6 is 0 Å². The number of nitrogens with two attached hydrogens (primary N) is 1. The minimum Gasteiger partial charge on any atom is -0.444 e. The van der Waals surface area contributed by atoms with Gasteiger partial charge in [0.25, 0.3) is 0 Å². The molecule has 2 unspecified atom stereocenters. The van der Waals surface area contributed by atoms with Crippen LogP contribution in [0.15, 0.2) is 0 Å². The second-order valence-corrected chi connectivity index (χ2v) is 7.45. The third-order valence-electron chi connectivity index (χ3n) is 3.77. The highest BCUT2D eigenvalue weighted by Gasteiger charge is 2.28. The van der Waals surface area contributed by atoms with Crippen LogP contribution in [0.1, 0.15) is 47.5 Å². The largest absolute Gasteiger partial charge is 0.444 e. The van der Waals surface area contributed by atoms with Crippen molar-refractivity contribution in [3.63, 3.8) is 0 Å². The number of amides is 2. The van der Waals surface area contributed by atoms with Gasteiger partial charge in [0.05, 0.1) is 6.04 Å². The summed E-state index contributed by atoms with van der Waals surface area (Å²) in [6.45, 7) is 11.3. The molecule has 128 valence electrons. The average Bonchev–Trinajstić information content (AvgIpc) is 2.42. The lowest BCUT2D eigenvalue weighted by Gasteiger charge is -2.35. The number of nitrogens with one attached hydrogen (secondary N) is 1. The van der Waals surface area contributed by atoms with Crippen LogP contribution in [0.25, 0.3) is 0 Å². The Labute approximate surface area is 133 Å². The molecule has 3 N–H and O–H groups in total. The first-order valence-electron chi connectivity index (χ1n) is 8.11. The van der Waals surface area contributed by atoms with Crippen molar-refractivity contribution >= 4 is 12.0 Å². The Hall–Kier alpha value is -1.30. The zero-order valence-electron chi connectivity index (χ0n) is 14.5. The molecule has 0 aromatic rings. The summed E-state index contributed by atoms with van der Waals surface area (Å²) in [6, 6.07) is -0.447. The normalized spacial score (nSPS) is 20.7. The van der Waals surface area contributed by atoms with Gasteiger partial charge in [-0.05, 0) is 45.4 Å². The Bertz CT molecular complexity index is 391. The molecule has 0 bridgehead atoms. The van der Waals surface area contributed by atoms with E-state index in [1.54, 1.807) is 0 Å². The number of rotatable bonds is 4. The van der Waals surface area contributed by atoms with Crippen molar-refractivity contribution in [1.29, 1.82) is 0 Å². The van der Waals surface area contributed by atoms with E-state index in [-0.39, 0.29) is 17.7 Å². The predicted octanol–water partition coefficient (Wildman–Crippen LogP) is 1.73. The Morgan fingerprint density at radius 3 is 2.55 bits per heavy atom. The van der Waals surface area contributed by atoms with E-state index in [0.29, 0.717) is 13.1 Å². The van der Waals surface area contributed by atoms with Crippen molar-refractivity contribution in [3.05, 3.63) is 0 Å². The van der Waals surface area contributed by atoms with Gasteiger partial charge in [-0.15, -0.1) is 0 Å². The second kappa shape index (κ2) is 7.81. The molecule has 2 amide bonds. The molecule has 0 aromatic heterocycles. The van der Waals surface area contributed by atoms with Gasteiger partial charge >= 0.3 is 6.09 Å². The third-order valence-corrected chi connectivity index (χ3v) is 3.77. The van der Waals surface area contributed by atoms with Gasteiger partial charge in [0.1, 0.15) is 5.60 Å². The van der Waals surface area contributed by atoms with Crippen molar-refractivity contribution in [2.45, 2.75) is 59.1 Å². The molecule has 2 atom stereocenters. The molecule has 22 heavy (non-hydrogen) atoms. The number of hydrogen-bond acceptors (Lipinski definition) is 4. The highest BCUT2D eigenvalue weighted by molar-refractivity contribution is 5.82. The quantitative estimate of drug-likeness (QED) is 0.828. The zero-order chi connectivity index (χ0) is 16.9. The second-order valence-electron chi connectivity index (χ2n) is 7.45. The summed E-state index contributed by atoms with van der Waals surface area (Å²) in [6.07, 6.45) is 1.53. The topological polar surface area (TPSA) is 84.7 Å². The summed E-state index contributed by atoms with van der Waals surface area (Å²) >= 11 is 0. The van der Waals surface area contributed by atoms with Crippen LogP contribution in [-0.4, -0.2) is 48.2 Å². The van der Waals surface area contributed by atoms with Crippen molar-refractivity contribution < 1.29 is 14.3 Å². The molecule has 0 aliphatic carbocycles. The van der Waals surface area contributed by atoms with Gasteiger partial charge < -0.3 is 20.7 Å². The lowest BCUT2D eigenvalue weighted by molar-refractivity contribution is -0.135. The Morgan fingerprint density at radius 1 is 1.36 bits per heavy atom. The molecule has 0 spiro atoms. The predicted molar refractivity (Wildman–Crippen MR) is 86.4 cm³/mol. The van der Waals surface area contributed by atoms with E-state index in [9.17, 15) is 9.59 Å². The van der Waals surface area contributed by atoms with Crippen LogP contribution in [0.5, 0.6) is 0 Å². The smallest absolute Gasteiger partial charge is 0.407 e. The summed E-state index contributed by atoms with van der Waals surface area (Å²) < 4.78 is 5.22. The average molecular weight is 313 g/mol. The van der Waals surface area contributed by atoms with Crippen LogP contribution in [0.3, 0.4) is 0 Å². The van der Waals surface area contributed by atoms with Gasteiger partial charge in [-0.25, -0.2) is 4.79 Å². The summed E-state index contributed by atoms with van der Waals surface area (Å²) in [4.78, 5) is 25.8. The SMILES string of the molecule is CC(C)C(N)C(=O)N1CCCC(CNC(=O)OC(C)(C)C)C1. The van der Waals surface area contributed by atoms with E-state index in [4.69, 9.17) is 10.5 Å². The number of nitrogens with zero attached hydrogens (tertiary/aromatic N) is 1. The zero-order valence-corrected chi connectivity index (χ0v) is 14.5. The molecule has 1 saturated heterocycles. The minimum absolute atomic E-state index is 0.0111. The molecule has 0 saturated carbocycles. The lowest BCUT2D eigenvalue weighted by Crippen LogP contribution is -2.51. The van der Waals surface area contributed by atoms with E-state index < -0.39 is 17.7 Å². The standard InChI is InChI=1S/C16H31N3O3/c1-11(2)13(17)14(20)19-8-6-7-12(10-19)9-18-15(21)22-16(3,4)5/h11-13H,6-10,17H2,1-5H3,(H,18,21). The van der Waals surface area contributed by atoms with Gasteiger partial charge in [-0.3, -0.25) is 4.79 Å². The molecule has 0 aromatic carbocycles. The Kier molecular flexibility index (Phi) is 6.66. The Balaban J connectivity index is 2.44. The summed E-state index contributed by atoms with van der Waals surface area (Å²) in [5.41, 5.74) is 5.45. The molecular formula is C16H31N3O3. The van der Waals surface area contributed by atoms with Crippen molar-refractivity contribution in [2.75, 3.05) is 19.6 Å². The fourth-order valence-corrected chi connectivity index (χ4v) is 2.47. The van der Waals surface area contributed by atoms with Crippen LogP contribution < -0.4 is 11.1 Å². The number of hydrogen-bond donors (Lipinski definition) is 2. The lowest BCUT2D eigenvalue weighted by atomic mass is 9.96. The molecular weight excluding hydrogens is 282 g/mol. The number of carbonyl (C=O) groups is 2. The van der Waals surface area contributed by atoms with E-state index in [1.807, 2.05) is 39.5 Å². The van der Waals surface area contributed by atoms with E-state index in [0.717, 1.165) is 19.4 Å². The number of alkyl carbamates (subject to hydrolysis) is 1. The maximum absolute atomic E-state index is 12.3. The highest BCUT2D eigenvalue weighted by Crippen LogP contribution is 2.18. The maximum atomic E-state index is 12.3.